The summed E-state index contributed by atoms with van der Waals surface area (Å²) in [6.07, 6.45) is 0. The van der Waals surface area contributed by atoms with E-state index >= 15 is 0 Å². The number of fused-ring (bicyclic) bond motifs is 2. The minimum atomic E-state index is -3.24. The summed E-state index contributed by atoms with van der Waals surface area (Å²) in [6.45, 7) is 2.28. The Morgan fingerprint density at radius 2 is 1.75 bits per heavy atom. The van der Waals surface area contributed by atoms with Crippen molar-refractivity contribution < 1.29 is 18.3 Å². The topological polar surface area (TPSA) is 63.6 Å². The zero-order valence-corrected chi connectivity index (χ0v) is 17.3. The number of rotatable bonds is 3. The van der Waals surface area contributed by atoms with E-state index in [0.717, 1.165) is 17.1 Å². The summed E-state index contributed by atoms with van der Waals surface area (Å²) >= 11 is 6.26. The number of halogens is 1. The molecule has 0 N–H and O–H groups in total. The maximum Gasteiger partial charge on any atom is 0.407 e. The Morgan fingerprint density at radius 3 is 2.46 bits per heavy atom. The number of piperazine rings is 1. The Kier molecular flexibility index (Phi) is 5.45. The van der Waals surface area contributed by atoms with Crippen LogP contribution in [-0.4, -0.2) is 55.8 Å². The third-order valence-electron chi connectivity index (χ3n) is 4.86. The molecule has 1 saturated heterocycles. The number of hydrogen-bond acceptors (Lipinski definition) is 6. The minimum absolute atomic E-state index is 0.524. The molecule has 2 aromatic carbocycles. The number of nitrogens with zero attached hydrogens (tertiary/aromatic N) is 3. The van der Waals surface area contributed by atoms with Gasteiger partial charge in [0.25, 0.3) is 0 Å². The van der Waals surface area contributed by atoms with Crippen LogP contribution in [0, 0.1) is 0 Å². The molecule has 4 rings (SSSR count). The highest BCUT2D eigenvalue weighted by molar-refractivity contribution is 7.51. The highest BCUT2D eigenvalue weighted by Crippen LogP contribution is 2.50. The van der Waals surface area contributed by atoms with E-state index in [1.165, 1.54) is 14.2 Å². The molecule has 0 atom stereocenters. The van der Waals surface area contributed by atoms with Crippen molar-refractivity contribution in [2.45, 2.75) is 0 Å². The number of para-hydroxylation sites is 2. The van der Waals surface area contributed by atoms with Crippen molar-refractivity contribution in [3.63, 3.8) is 0 Å². The smallest absolute Gasteiger partial charge is 0.407 e. The number of ether oxygens (including phenoxy) is 1. The summed E-state index contributed by atoms with van der Waals surface area (Å²) in [7, 11) is -0.435. The first-order chi connectivity index (χ1) is 13.5. The number of aliphatic imine (C=N–C) groups is 1. The van der Waals surface area contributed by atoms with Crippen LogP contribution in [0.4, 0.5) is 5.69 Å². The maximum absolute atomic E-state index is 12.6. The van der Waals surface area contributed by atoms with Crippen molar-refractivity contribution in [3.8, 4) is 11.5 Å². The molecule has 0 aliphatic carbocycles. The van der Waals surface area contributed by atoms with Gasteiger partial charge in [-0.25, -0.2) is 14.2 Å². The van der Waals surface area contributed by atoms with Gasteiger partial charge < -0.3 is 9.64 Å². The molecule has 2 aliphatic heterocycles. The lowest BCUT2D eigenvalue weighted by molar-refractivity contribution is 0.175. The van der Waals surface area contributed by atoms with Gasteiger partial charge in [0, 0.05) is 45.4 Å². The first-order valence-electron chi connectivity index (χ1n) is 8.91. The lowest BCUT2D eigenvalue weighted by Crippen LogP contribution is -2.47. The summed E-state index contributed by atoms with van der Waals surface area (Å²) in [5.41, 5.74) is 1.59. The lowest BCUT2D eigenvalue weighted by Gasteiger charge is -2.38. The van der Waals surface area contributed by atoms with Gasteiger partial charge >= 0.3 is 7.75 Å². The van der Waals surface area contributed by atoms with Crippen molar-refractivity contribution in [3.05, 3.63) is 53.1 Å². The fourth-order valence-electron chi connectivity index (χ4n) is 3.39. The molecule has 2 aliphatic rings. The highest BCUT2D eigenvalue weighted by atomic mass is 35.5. The first-order valence-corrected chi connectivity index (χ1v) is 10.8. The predicted octanol–water partition coefficient (Wildman–Crippen LogP) is 4.54. The van der Waals surface area contributed by atoms with E-state index in [2.05, 4.69) is 4.90 Å². The molecule has 0 bridgehead atoms. The first kappa shape index (κ1) is 19.4. The van der Waals surface area contributed by atoms with E-state index in [1.54, 1.807) is 10.7 Å². The van der Waals surface area contributed by atoms with E-state index in [9.17, 15) is 4.57 Å². The van der Waals surface area contributed by atoms with E-state index in [1.807, 2.05) is 36.4 Å². The van der Waals surface area contributed by atoms with E-state index < -0.39 is 7.75 Å². The Balaban J connectivity index is 1.68. The third kappa shape index (κ3) is 3.56. The van der Waals surface area contributed by atoms with Crippen molar-refractivity contribution in [2.75, 3.05) is 40.4 Å². The van der Waals surface area contributed by atoms with Crippen LogP contribution in [0.5, 0.6) is 11.5 Å². The quantitative estimate of drug-likeness (QED) is 0.678. The van der Waals surface area contributed by atoms with Crippen LogP contribution >= 0.6 is 19.3 Å². The van der Waals surface area contributed by atoms with Crippen molar-refractivity contribution in [2.24, 2.45) is 4.99 Å². The van der Waals surface area contributed by atoms with Crippen LogP contribution in [-0.2, 0) is 13.6 Å². The SMILES string of the molecule is COP(=O)(OC)N1CCN(C2=Nc3ccccc3Oc3ccc(Cl)cc32)CC1. The van der Waals surface area contributed by atoms with Gasteiger partial charge in [0.2, 0.25) is 0 Å². The molecule has 7 nitrogen and oxygen atoms in total. The molecule has 0 unspecified atom stereocenters. The summed E-state index contributed by atoms with van der Waals surface area (Å²) in [5.74, 6) is 2.18. The third-order valence-corrected chi connectivity index (χ3v) is 7.11. The normalized spacial score (nSPS) is 17.2. The Hall–Kier alpha value is -1.89. The van der Waals surface area contributed by atoms with Crippen LogP contribution in [0.15, 0.2) is 47.5 Å². The average molecular weight is 422 g/mol. The molecule has 0 radical (unpaired) electrons. The van der Waals surface area contributed by atoms with Crippen LogP contribution in [0.1, 0.15) is 5.56 Å². The molecule has 9 heteroatoms. The van der Waals surface area contributed by atoms with Crippen LogP contribution in [0.2, 0.25) is 5.02 Å². The van der Waals surface area contributed by atoms with Gasteiger partial charge in [0.05, 0.1) is 5.56 Å². The van der Waals surface area contributed by atoms with Gasteiger partial charge in [-0.2, -0.15) is 0 Å². The Morgan fingerprint density at radius 1 is 1.04 bits per heavy atom. The molecule has 148 valence electrons. The predicted molar refractivity (Wildman–Crippen MR) is 109 cm³/mol. The molecule has 0 saturated carbocycles. The number of benzene rings is 2. The average Bonchev–Trinajstić information content (AvgIpc) is 2.90. The second kappa shape index (κ2) is 7.85. The van der Waals surface area contributed by atoms with Gasteiger partial charge in [-0.15, -0.1) is 0 Å². The monoisotopic (exact) mass is 421 g/mol. The molecule has 28 heavy (non-hydrogen) atoms. The summed E-state index contributed by atoms with van der Waals surface area (Å²) in [6, 6.07) is 13.2. The molecule has 0 aromatic heterocycles. The minimum Gasteiger partial charge on any atom is -0.454 e. The van der Waals surface area contributed by atoms with E-state index in [0.29, 0.717) is 42.7 Å². The van der Waals surface area contributed by atoms with Gasteiger partial charge in [-0.1, -0.05) is 23.7 Å². The molecule has 1 fully saturated rings. The molecular weight excluding hydrogens is 401 g/mol. The molecular formula is C19H21ClN3O4P. The van der Waals surface area contributed by atoms with Gasteiger partial charge in [0.15, 0.2) is 5.75 Å². The Labute approximate surface area is 169 Å². The largest absolute Gasteiger partial charge is 0.454 e. The Bertz CT molecular complexity index is 952. The van der Waals surface area contributed by atoms with Crippen molar-refractivity contribution in [1.29, 1.82) is 0 Å². The summed E-state index contributed by atoms with van der Waals surface area (Å²) in [4.78, 5) is 7.03. The fourth-order valence-corrected chi connectivity index (χ4v) is 4.85. The van der Waals surface area contributed by atoms with Crippen LogP contribution in [0.25, 0.3) is 0 Å². The zero-order valence-electron chi connectivity index (χ0n) is 15.7. The van der Waals surface area contributed by atoms with E-state index in [4.69, 9.17) is 30.4 Å². The van der Waals surface area contributed by atoms with Gasteiger partial charge in [-0.05, 0) is 30.3 Å². The fraction of sp³-hybridized carbons (Fsp3) is 0.316. The second-order valence-corrected chi connectivity index (χ2v) is 9.09. The molecule has 2 aromatic rings. The second-order valence-electron chi connectivity index (χ2n) is 6.42. The van der Waals surface area contributed by atoms with Gasteiger partial charge in [0.1, 0.15) is 17.3 Å². The molecule has 0 spiro atoms. The van der Waals surface area contributed by atoms with Crippen LogP contribution < -0.4 is 4.74 Å². The number of amidine groups is 1. The maximum atomic E-state index is 12.6. The van der Waals surface area contributed by atoms with Crippen molar-refractivity contribution >= 4 is 30.9 Å². The summed E-state index contributed by atoms with van der Waals surface area (Å²) < 4.78 is 30.7. The molecule has 0 amide bonds. The highest BCUT2D eigenvalue weighted by Gasteiger charge is 2.35. The summed E-state index contributed by atoms with van der Waals surface area (Å²) in [5, 5.41) is 0.614. The van der Waals surface area contributed by atoms with Crippen molar-refractivity contribution in [1.82, 2.24) is 9.57 Å². The lowest BCUT2D eigenvalue weighted by atomic mass is 10.1. The van der Waals surface area contributed by atoms with Gasteiger partial charge in [-0.3, -0.25) is 9.05 Å². The standard InChI is InChI=1S/C19H21ClN3O4P/c1-25-28(24,26-2)23-11-9-22(10-12-23)19-15-13-14(20)7-8-17(15)27-18-6-4-3-5-16(18)21-19/h3-8,13H,9-12H2,1-2H3. The van der Waals surface area contributed by atoms with Crippen LogP contribution in [0.3, 0.4) is 0 Å². The van der Waals surface area contributed by atoms with E-state index in [-0.39, 0.29) is 0 Å². The number of hydrogen-bond donors (Lipinski definition) is 0. The molecule has 2 heterocycles. The zero-order chi connectivity index (χ0) is 19.7.